The van der Waals surface area contributed by atoms with Crippen LogP contribution in [0.25, 0.3) is 5.82 Å². The SMILES string of the molecule is Cc1ccn(-c2cc(N3CCN(S(=O)(=O)CCC(F)(F)F)CC3)ncn2)n1. The van der Waals surface area contributed by atoms with Gasteiger partial charge in [0.1, 0.15) is 12.1 Å². The van der Waals surface area contributed by atoms with E-state index in [4.69, 9.17) is 0 Å². The average Bonchev–Trinajstić information content (AvgIpc) is 3.06. The van der Waals surface area contributed by atoms with Gasteiger partial charge in [0.05, 0.1) is 17.9 Å². The number of anilines is 1. The fraction of sp³-hybridized carbons (Fsp3) is 0.533. The summed E-state index contributed by atoms with van der Waals surface area (Å²) in [5, 5.41) is 4.28. The van der Waals surface area contributed by atoms with Crippen LogP contribution in [-0.4, -0.2) is 70.6 Å². The molecule has 0 spiro atoms. The van der Waals surface area contributed by atoms with Crippen molar-refractivity contribution in [2.24, 2.45) is 0 Å². The number of rotatable bonds is 5. The maximum absolute atomic E-state index is 12.3. The van der Waals surface area contributed by atoms with Crippen LogP contribution in [0.2, 0.25) is 0 Å². The predicted molar refractivity (Wildman–Crippen MR) is 92.1 cm³/mol. The molecule has 1 fully saturated rings. The molecule has 1 aliphatic rings. The van der Waals surface area contributed by atoms with Crippen molar-refractivity contribution >= 4 is 15.8 Å². The molecular weight excluding hydrogens is 385 g/mol. The van der Waals surface area contributed by atoms with Crippen molar-refractivity contribution in [3.05, 3.63) is 30.4 Å². The van der Waals surface area contributed by atoms with Crippen LogP contribution in [0.3, 0.4) is 0 Å². The highest BCUT2D eigenvalue weighted by Gasteiger charge is 2.33. The minimum Gasteiger partial charge on any atom is -0.354 e. The van der Waals surface area contributed by atoms with E-state index in [2.05, 4.69) is 15.1 Å². The van der Waals surface area contributed by atoms with Gasteiger partial charge in [-0.05, 0) is 13.0 Å². The number of hydrogen-bond acceptors (Lipinski definition) is 6. The molecule has 3 rings (SSSR count). The molecule has 3 heterocycles. The van der Waals surface area contributed by atoms with Crippen molar-refractivity contribution in [1.82, 2.24) is 24.1 Å². The second-order valence-corrected chi connectivity index (χ2v) is 8.29. The quantitative estimate of drug-likeness (QED) is 0.749. The molecule has 0 bridgehead atoms. The summed E-state index contributed by atoms with van der Waals surface area (Å²) in [7, 11) is -3.93. The van der Waals surface area contributed by atoms with Crippen molar-refractivity contribution in [1.29, 1.82) is 0 Å². The van der Waals surface area contributed by atoms with E-state index in [9.17, 15) is 21.6 Å². The number of hydrogen-bond donors (Lipinski definition) is 0. The summed E-state index contributed by atoms with van der Waals surface area (Å²) in [6.07, 6.45) is -2.66. The topological polar surface area (TPSA) is 84.2 Å². The van der Waals surface area contributed by atoms with Crippen LogP contribution in [0, 0.1) is 6.92 Å². The van der Waals surface area contributed by atoms with Gasteiger partial charge in [-0.1, -0.05) is 0 Å². The lowest BCUT2D eigenvalue weighted by atomic mass is 10.3. The highest BCUT2D eigenvalue weighted by Crippen LogP contribution is 2.22. The van der Waals surface area contributed by atoms with Gasteiger partial charge in [0.25, 0.3) is 0 Å². The minimum atomic E-state index is -4.49. The molecule has 0 radical (unpaired) electrons. The largest absolute Gasteiger partial charge is 0.390 e. The molecule has 0 atom stereocenters. The van der Waals surface area contributed by atoms with Gasteiger partial charge in [-0.2, -0.15) is 22.6 Å². The zero-order valence-electron chi connectivity index (χ0n) is 14.6. The maximum Gasteiger partial charge on any atom is 0.390 e. The van der Waals surface area contributed by atoms with Crippen LogP contribution in [0.5, 0.6) is 0 Å². The highest BCUT2D eigenvalue weighted by atomic mass is 32.2. The van der Waals surface area contributed by atoms with Crippen LogP contribution in [0.15, 0.2) is 24.7 Å². The Labute approximate surface area is 154 Å². The molecule has 27 heavy (non-hydrogen) atoms. The van der Waals surface area contributed by atoms with Crippen molar-refractivity contribution in [3.8, 4) is 5.82 Å². The van der Waals surface area contributed by atoms with Gasteiger partial charge >= 0.3 is 6.18 Å². The Morgan fingerprint density at radius 1 is 1.11 bits per heavy atom. The van der Waals surface area contributed by atoms with Gasteiger partial charge in [0, 0.05) is 38.4 Å². The number of halogens is 3. The van der Waals surface area contributed by atoms with Gasteiger partial charge < -0.3 is 4.90 Å². The van der Waals surface area contributed by atoms with E-state index < -0.39 is 28.4 Å². The normalized spacial score (nSPS) is 16.7. The number of piperazine rings is 1. The first-order chi connectivity index (χ1) is 12.6. The van der Waals surface area contributed by atoms with E-state index in [1.807, 2.05) is 17.9 Å². The molecule has 2 aromatic heterocycles. The Hall–Kier alpha value is -2.21. The summed E-state index contributed by atoms with van der Waals surface area (Å²) < 4.78 is 63.8. The van der Waals surface area contributed by atoms with Gasteiger partial charge in [-0.25, -0.2) is 23.1 Å². The van der Waals surface area contributed by atoms with Crippen molar-refractivity contribution in [2.75, 3.05) is 36.8 Å². The molecular formula is C15H19F3N6O2S. The number of alkyl halides is 3. The molecule has 0 unspecified atom stereocenters. The van der Waals surface area contributed by atoms with Crippen molar-refractivity contribution < 1.29 is 21.6 Å². The number of sulfonamides is 1. The molecule has 0 N–H and O–H groups in total. The molecule has 1 aliphatic heterocycles. The fourth-order valence-electron chi connectivity index (χ4n) is 2.75. The first-order valence-electron chi connectivity index (χ1n) is 8.28. The molecule has 0 aliphatic carbocycles. The Bertz CT molecular complexity index is 891. The first-order valence-corrected chi connectivity index (χ1v) is 9.89. The lowest BCUT2D eigenvalue weighted by molar-refractivity contribution is -0.130. The third-order valence-corrected chi connectivity index (χ3v) is 6.07. The number of aromatic nitrogens is 4. The number of nitrogens with zero attached hydrogens (tertiary/aromatic N) is 6. The smallest absolute Gasteiger partial charge is 0.354 e. The summed E-state index contributed by atoms with van der Waals surface area (Å²) in [5.74, 6) is 0.265. The molecule has 12 heteroatoms. The van der Waals surface area contributed by atoms with Gasteiger partial charge in [-0.15, -0.1) is 0 Å². The Kier molecular flexibility index (Phi) is 5.38. The lowest BCUT2D eigenvalue weighted by Crippen LogP contribution is -2.49. The van der Waals surface area contributed by atoms with Crippen molar-refractivity contribution in [3.63, 3.8) is 0 Å². The van der Waals surface area contributed by atoms with Gasteiger partial charge in [0.15, 0.2) is 5.82 Å². The standard InChI is InChI=1S/C15H19F3N6O2S/c1-12-2-4-24(21-12)14-10-13(19-11-20-14)22-5-7-23(8-6-22)27(25,26)9-3-15(16,17)18/h2,4,10-11H,3,5-9H2,1H3. The average molecular weight is 404 g/mol. The Morgan fingerprint density at radius 3 is 2.37 bits per heavy atom. The molecule has 0 saturated carbocycles. The fourth-order valence-corrected chi connectivity index (χ4v) is 4.21. The highest BCUT2D eigenvalue weighted by molar-refractivity contribution is 7.89. The summed E-state index contributed by atoms with van der Waals surface area (Å²) in [5.41, 5.74) is 0.841. The molecule has 1 saturated heterocycles. The third kappa shape index (κ3) is 4.95. The lowest BCUT2D eigenvalue weighted by Gasteiger charge is -2.34. The Morgan fingerprint density at radius 2 is 1.78 bits per heavy atom. The van der Waals surface area contributed by atoms with Crippen molar-refractivity contribution in [2.45, 2.75) is 19.5 Å². The van der Waals surface area contributed by atoms with Crippen LogP contribution < -0.4 is 4.90 Å². The van der Waals surface area contributed by atoms with Crippen LogP contribution in [-0.2, 0) is 10.0 Å². The Balaban J connectivity index is 1.64. The van der Waals surface area contributed by atoms with Gasteiger partial charge in [0.2, 0.25) is 10.0 Å². The van der Waals surface area contributed by atoms with Gasteiger partial charge in [-0.3, -0.25) is 0 Å². The molecule has 0 amide bonds. The second-order valence-electron chi connectivity index (χ2n) is 6.20. The van der Waals surface area contributed by atoms with Crippen LogP contribution in [0.1, 0.15) is 12.1 Å². The van der Waals surface area contributed by atoms with E-state index in [0.29, 0.717) is 24.7 Å². The summed E-state index contributed by atoms with van der Waals surface area (Å²) in [6.45, 7) is 2.75. The van der Waals surface area contributed by atoms with Crippen LogP contribution >= 0.6 is 0 Å². The zero-order chi connectivity index (χ0) is 19.7. The zero-order valence-corrected chi connectivity index (χ0v) is 15.4. The molecule has 148 valence electrons. The van der Waals surface area contributed by atoms with E-state index in [1.165, 1.54) is 6.33 Å². The van der Waals surface area contributed by atoms with E-state index in [1.54, 1.807) is 16.9 Å². The number of aryl methyl sites for hydroxylation is 1. The summed E-state index contributed by atoms with van der Waals surface area (Å²) in [4.78, 5) is 10.2. The maximum atomic E-state index is 12.3. The summed E-state index contributed by atoms with van der Waals surface area (Å²) in [6, 6.07) is 3.58. The molecule has 0 aromatic carbocycles. The van der Waals surface area contributed by atoms with E-state index >= 15 is 0 Å². The van der Waals surface area contributed by atoms with Crippen LogP contribution in [0.4, 0.5) is 19.0 Å². The predicted octanol–water partition coefficient (Wildman–Crippen LogP) is 1.37. The second kappa shape index (κ2) is 7.43. The summed E-state index contributed by atoms with van der Waals surface area (Å²) >= 11 is 0. The minimum absolute atomic E-state index is 0.112. The third-order valence-electron chi connectivity index (χ3n) is 4.19. The molecule has 2 aromatic rings. The molecule has 8 nitrogen and oxygen atoms in total. The monoisotopic (exact) mass is 404 g/mol. The van der Waals surface area contributed by atoms with E-state index in [-0.39, 0.29) is 13.1 Å². The first kappa shape index (κ1) is 19.5. The van der Waals surface area contributed by atoms with E-state index in [0.717, 1.165) is 10.00 Å².